The van der Waals surface area contributed by atoms with Crippen LogP contribution in [0.3, 0.4) is 0 Å². The smallest absolute Gasteiger partial charge is 0.257 e. The zero-order chi connectivity index (χ0) is 18.5. The fourth-order valence-corrected chi connectivity index (χ4v) is 2.00. The van der Waals surface area contributed by atoms with Crippen LogP contribution in [0.15, 0.2) is 49.1 Å². The molecule has 26 heavy (non-hydrogen) atoms. The van der Waals surface area contributed by atoms with E-state index in [1.807, 2.05) is 0 Å². The van der Waals surface area contributed by atoms with E-state index in [-0.39, 0.29) is 28.6 Å². The number of amides is 1. The number of pyridine rings is 1. The minimum absolute atomic E-state index is 0.00726. The maximum Gasteiger partial charge on any atom is 0.257 e. The molecule has 2 aromatic heterocycles. The summed E-state index contributed by atoms with van der Waals surface area (Å²) < 4.78 is 31.9. The molecular formula is C17H9F2N5O2. The third kappa shape index (κ3) is 4.12. The summed E-state index contributed by atoms with van der Waals surface area (Å²) in [4.78, 5) is 23.7. The Labute approximate surface area is 145 Å². The Morgan fingerprint density at radius 2 is 1.85 bits per heavy atom. The Morgan fingerprint density at radius 3 is 2.62 bits per heavy atom. The Bertz CT molecular complexity index is 1020. The van der Waals surface area contributed by atoms with E-state index in [0.717, 1.165) is 24.4 Å². The first-order valence-corrected chi connectivity index (χ1v) is 7.16. The van der Waals surface area contributed by atoms with Gasteiger partial charge in [-0.05, 0) is 18.2 Å². The first-order valence-electron chi connectivity index (χ1n) is 7.16. The van der Waals surface area contributed by atoms with Gasteiger partial charge < -0.3 is 10.1 Å². The van der Waals surface area contributed by atoms with Crippen LogP contribution in [0.5, 0.6) is 11.6 Å². The summed E-state index contributed by atoms with van der Waals surface area (Å²) in [7, 11) is 0. The maximum absolute atomic E-state index is 13.4. The number of nitriles is 1. The van der Waals surface area contributed by atoms with Crippen LogP contribution in [0.4, 0.5) is 14.6 Å². The number of hydrogen-bond acceptors (Lipinski definition) is 6. The molecule has 1 amide bonds. The molecule has 0 saturated heterocycles. The van der Waals surface area contributed by atoms with Crippen LogP contribution in [0.2, 0.25) is 0 Å². The number of nitrogens with one attached hydrogen (secondary N) is 1. The first kappa shape index (κ1) is 16.9. The monoisotopic (exact) mass is 353 g/mol. The van der Waals surface area contributed by atoms with E-state index in [1.54, 1.807) is 6.07 Å². The van der Waals surface area contributed by atoms with Gasteiger partial charge in [0.1, 0.15) is 11.6 Å². The molecule has 0 bridgehead atoms. The number of carbonyl (C=O) groups excluding carboxylic acids is 1. The molecule has 0 saturated carbocycles. The van der Waals surface area contributed by atoms with Gasteiger partial charge in [0.2, 0.25) is 5.88 Å². The Balaban J connectivity index is 1.77. The number of benzene rings is 1. The van der Waals surface area contributed by atoms with Crippen molar-refractivity contribution < 1.29 is 18.3 Å². The number of nitrogens with zero attached hydrogens (tertiary/aromatic N) is 4. The summed E-state index contributed by atoms with van der Waals surface area (Å²) in [6.45, 7) is 0. The van der Waals surface area contributed by atoms with Crippen LogP contribution in [-0.4, -0.2) is 20.9 Å². The molecule has 1 N–H and O–H groups in total. The summed E-state index contributed by atoms with van der Waals surface area (Å²) in [5, 5.41) is 11.3. The van der Waals surface area contributed by atoms with Crippen molar-refractivity contribution in [3.8, 4) is 17.7 Å². The Morgan fingerprint density at radius 1 is 1.04 bits per heavy atom. The fraction of sp³-hybridized carbons (Fsp3) is 0. The molecule has 2 heterocycles. The van der Waals surface area contributed by atoms with Crippen LogP contribution >= 0.6 is 0 Å². The second-order valence-corrected chi connectivity index (χ2v) is 4.98. The van der Waals surface area contributed by atoms with E-state index in [1.165, 1.54) is 24.7 Å². The molecule has 7 nitrogen and oxygen atoms in total. The fourth-order valence-electron chi connectivity index (χ4n) is 2.00. The molecule has 1 aromatic carbocycles. The minimum Gasteiger partial charge on any atom is -0.436 e. The molecule has 0 unspecified atom stereocenters. The predicted molar refractivity (Wildman–Crippen MR) is 85.4 cm³/mol. The van der Waals surface area contributed by atoms with Crippen molar-refractivity contribution in [2.75, 3.05) is 5.32 Å². The molecule has 0 aliphatic rings. The van der Waals surface area contributed by atoms with Gasteiger partial charge in [-0.2, -0.15) is 10.2 Å². The van der Waals surface area contributed by atoms with Crippen LogP contribution in [0.25, 0.3) is 0 Å². The zero-order valence-electron chi connectivity index (χ0n) is 13.0. The molecule has 128 valence electrons. The highest BCUT2D eigenvalue weighted by Crippen LogP contribution is 2.20. The molecular weight excluding hydrogens is 344 g/mol. The van der Waals surface area contributed by atoms with Crippen molar-refractivity contribution in [2.24, 2.45) is 0 Å². The lowest BCUT2D eigenvalue weighted by atomic mass is 10.1. The van der Waals surface area contributed by atoms with Crippen LogP contribution < -0.4 is 10.1 Å². The normalized spacial score (nSPS) is 10.0. The maximum atomic E-state index is 13.4. The van der Waals surface area contributed by atoms with Crippen molar-refractivity contribution in [2.45, 2.75) is 0 Å². The van der Waals surface area contributed by atoms with E-state index in [0.29, 0.717) is 0 Å². The number of halogens is 2. The number of rotatable bonds is 4. The van der Waals surface area contributed by atoms with Crippen LogP contribution in [0.1, 0.15) is 15.9 Å². The average molecular weight is 353 g/mol. The predicted octanol–water partition coefficient (Wildman–Crippen LogP) is 3.07. The lowest BCUT2D eigenvalue weighted by Crippen LogP contribution is -2.14. The minimum atomic E-state index is -0.712. The van der Waals surface area contributed by atoms with E-state index < -0.39 is 17.5 Å². The molecule has 0 aliphatic carbocycles. The van der Waals surface area contributed by atoms with Crippen molar-refractivity contribution >= 4 is 11.7 Å². The number of carbonyl (C=O) groups is 1. The summed E-state index contributed by atoms with van der Waals surface area (Å²) in [5.41, 5.74) is -0.0408. The van der Waals surface area contributed by atoms with Gasteiger partial charge in [-0.1, -0.05) is 0 Å². The van der Waals surface area contributed by atoms with Crippen molar-refractivity contribution in [3.63, 3.8) is 0 Å². The molecule has 9 heteroatoms. The van der Waals surface area contributed by atoms with Crippen LogP contribution in [0, 0.1) is 23.0 Å². The number of anilines is 1. The van der Waals surface area contributed by atoms with Crippen molar-refractivity contribution in [1.82, 2.24) is 15.0 Å². The second kappa shape index (κ2) is 7.31. The molecule has 3 aromatic rings. The molecule has 0 fully saturated rings. The van der Waals surface area contributed by atoms with Gasteiger partial charge in [0.25, 0.3) is 5.91 Å². The van der Waals surface area contributed by atoms with E-state index >= 15 is 0 Å². The highest BCUT2D eigenvalue weighted by molar-refractivity contribution is 6.03. The second-order valence-electron chi connectivity index (χ2n) is 4.98. The Kier molecular flexibility index (Phi) is 4.76. The Hall–Kier alpha value is -3.93. The van der Waals surface area contributed by atoms with Gasteiger partial charge in [-0.3, -0.25) is 14.8 Å². The zero-order valence-corrected chi connectivity index (χ0v) is 13.0. The molecule has 0 spiro atoms. The van der Waals surface area contributed by atoms with Gasteiger partial charge in [0.05, 0.1) is 36.4 Å². The average Bonchev–Trinajstić information content (AvgIpc) is 2.61. The largest absolute Gasteiger partial charge is 0.436 e. The number of hydrogen-bond donors (Lipinski definition) is 1. The molecule has 3 rings (SSSR count). The standard InChI is InChI=1S/C17H9F2N5O2/c18-12-2-10(5-20)1-11(3-12)17(25)24-15-8-22-9-16(23-15)26-14-4-13(19)6-21-7-14/h1-4,6-9H,(H,23,24,25). The van der Waals surface area contributed by atoms with Gasteiger partial charge in [0, 0.05) is 11.6 Å². The summed E-state index contributed by atoms with van der Waals surface area (Å²) in [5.74, 6) is -1.85. The highest BCUT2D eigenvalue weighted by atomic mass is 19.1. The molecule has 0 radical (unpaired) electrons. The van der Waals surface area contributed by atoms with E-state index in [9.17, 15) is 13.6 Å². The third-order valence-corrected chi connectivity index (χ3v) is 3.05. The van der Waals surface area contributed by atoms with E-state index in [4.69, 9.17) is 10.00 Å². The van der Waals surface area contributed by atoms with Crippen molar-refractivity contribution in [3.05, 3.63) is 71.8 Å². The quantitative estimate of drug-likeness (QED) is 0.774. The topological polar surface area (TPSA) is 101 Å². The summed E-state index contributed by atoms with van der Waals surface area (Å²) >= 11 is 0. The van der Waals surface area contributed by atoms with Gasteiger partial charge in [0.15, 0.2) is 11.6 Å². The lowest BCUT2D eigenvalue weighted by Gasteiger charge is -2.07. The van der Waals surface area contributed by atoms with Crippen molar-refractivity contribution in [1.29, 1.82) is 5.26 Å². The molecule has 0 aliphatic heterocycles. The lowest BCUT2D eigenvalue weighted by molar-refractivity contribution is 0.102. The number of aromatic nitrogens is 3. The van der Waals surface area contributed by atoms with Crippen LogP contribution in [-0.2, 0) is 0 Å². The highest BCUT2D eigenvalue weighted by Gasteiger charge is 2.11. The number of ether oxygens (including phenoxy) is 1. The van der Waals surface area contributed by atoms with E-state index in [2.05, 4.69) is 20.3 Å². The molecule has 0 atom stereocenters. The first-order chi connectivity index (χ1) is 12.5. The van der Waals surface area contributed by atoms with Gasteiger partial charge >= 0.3 is 0 Å². The summed E-state index contributed by atoms with van der Waals surface area (Å²) in [6, 6.07) is 6.11. The third-order valence-electron chi connectivity index (χ3n) is 3.05. The van der Waals surface area contributed by atoms with Gasteiger partial charge in [-0.15, -0.1) is 0 Å². The van der Waals surface area contributed by atoms with Gasteiger partial charge in [-0.25, -0.2) is 8.78 Å². The SMILES string of the molecule is N#Cc1cc(F)cc(C(=O)Nc2cncc(Oc3cncc(F)c3)n2)c1. The summed E-state index contributed by atoms with van der Waals surface area (Å²) in [6.07, 6.45) is 4.81.